The molecule has 0 aliphatic carbocycles. The maximum Gasteiger partial charge on any atom is 0.203 e. The van der Waals surface area contributed by atoms with Crippen LogP contribution in [0, 0.1) is 0 Å². The molecule has 2 atom stereocenters. The van der Waals surface area contributed by atoms with Crippen molar-refractivity contribution in [3.05, 3.63) is 47.5 Å². The van der Waals surface area contributed by atoms with E-state index in [2.05, 4.69) is 0 Å². The van der Waals surface area contributed by atoms with E-state index in [0.717, 1.165) is 16.9 Å². The number of hydrogen-bond acceptors (Lipinski definition) is 6. The average molecular weight is 346 g/mol. The van der Waals surface area contributed by atoms with Crippen LogP contribution in [0.15, 0.2) is 36.4 Å². The van der Waals surface area contributed by atoms with E-state index < -0.39 is 0 Å². The summed E-state index contributed by atoms with van der Waals surface area (Å²) in [6.45, 7) is 0.220. The van der Waals surface area contributed by atoms with E-state index >= 15 is 0 Å². The fraction of sp³-hybridized carbons (Fsp3) is 0.368. The molecular formula is C19H22O6. The van der Waals surface area contributed by atoms with Gasteiger partial charge in [-0.3, -0.25) is 0 Å². The Morgan fingerprint density at radius 1 is 0.720 bits per heavy atom. The molecule has 6 heteroatoms. The Balaban J connectivity index is 1.96. The zero-order chi connectivity index (χ0) is 17.8. The molecule has 1 aliphatic heterocycles. The molecule has 0 amide bonds. The summed E-state index contributed by atoms with van der Waals surface area (Å²) in [5.41, 5.74) is 1.91. The quantitative estimate of drug-likeness (QED) is 0.798. The van der Waals surface area contributed by atoms with Crippen molar-refractivity contribution >= 4 is 0 Å². The molecule has 2 aromatic carbocycles. The van der Waals surface area contributed by atoms with Gasteiger partial charge in [0.25, 0.3) is 0 Å². The molecule has 25 heavy (non-hydrogen) atoms. The van der Waals surface area contributed by atoms with Gasteiger partial charge in [-0.2, -0.15) is 0 Å². The summed E-state index contributed by atoms with van der Waals surface area (Å²) in [6, 6.07) is 11.5. The molecule has 1 fully saturated rings. The van der Waals surface area contributed by atoms with E-state index in [4.69, 9.17) is 28.4 Å². The van der Waals surface area contributed by atoms with Gasteiger partial charge in [-0.05, 0) is 35.4 Å². The molecular weight excluding hydrogens is 324 g/mol. The summed E-state index contributed by atoms with van der Waals surface area (Å²) in [6.07, 6.45) is -0.504. The highest BCUT2D eigenvalue weighted by Crippen LogP contribution is 2.46. The highest BCUT2D eigenvalue weighted by atomic mass is 16.7. The molecule has 6 nitrogen and oxygen atoms in total. The maximum absolute atomic E-state index is 5.83. The van der Waals surface area contributed by atoms with Crippen LogP contribution >= 0.6 is 0 Å². The topological polar surface area (TPSA) is 55.4 Å². The summed E-state index contributed by atoms with van der Waals surface area (Å²) >= 11 is 0. The van der Waals surface area contributed by atoms with Crippen molar-refractivity contribution in [1.82, 2.24) is 0 Å². The van der Waals surface area contributed by atoms with Crippen LogP contribution in [0.4, 0.5) is 0 Å². The molecule has 1 saturated heterocycles. The van der Waals surface area contributed by atoms with Crippen LogP contribution in [0.5, 0.6) is 23.0 Å². The van der Waals surface area contributed by atoms with Crippen molar-refractivity contribution in [3.8, 4) is 23.0 Å². The van der Waals surface area contributed by atoms with E-state index in [9.17, 15) is 0 Å². The zero-order valence-corrected chi connectivity index (χ0v) is 14.8. The Kier molecular flexibility index (Phi) is 5.31. The summed E-state index contributed by atoms with van der Waals surface area (Å²) < 4.78 is 33.1. The third kappa shape index (κ3) is 3.36. The SMILES string of the molecule is COc1ccc([C@@H]2OCO[C@@H]2c2cc(OC)c(OC)c(OC)c2)cc1. The van der Waals surface area contributed by atoms with Crippen LogP contribution in [0.1, 0.15) is 23.3 Å². The molecule has 0 bridgehead atoms. The van der Waals surface area contributed by atoms with Gasteiger partial charge in [-0.25, -0.2) is 0 Å². The Hall–Kier alpha value is -2.44. The number of rotatable bonds is 6. The molecule has 1 heterocycles. The third-order valence-corrected chi connectivity index (χ3v) is 4.23. The van der Waals surface area contributed by atoms with E-state index in [0.29, 0.717) is 17.2 Å². The van der Waals surface area contributed by atoms with Crippen molar-refractivity contribution in [2.45, 2.75) is 12.2 Å². The van der Waals surface area contributed by atoms with Gasteiger partial charge in [-0.15, -0.1) is 0 Å². The molecule has 134 valence electrons. The molecule has 0 aromatic heterocycles. The van der Waals surface area contributed by atoms with Crippen molar-refractivity contribution in [2.24, 2.45) is 0 Å². The maximum atomic E-state index is 5.83. The van der Waals surface area contributed by atoms with Gasteiger partial charge in [-0.1, -0.05) is 12.1 Å². The third-order valence-electron chi connectivity index (χ3n) is 4.23. The van der Waals surface area contributed by atoms with Crippen LogP contribution in [0.2, 0.25) is 0 Å². The van der Waals surface area contributed by atoms with Crippen LogP contribution in [-0.4, -0.2) is 35.2 Å². The van der Waals surface area contributed by atoms with Gasteiger partial charge in [0, 0.05) is 0 Å². The minimum atomic E-state index is -0.276. The van der Waals surface area contributed by atoms with Crippen molar-refractivity contribution in [3.63, 3.8) is 0 Å². The minimum Gasteiger partial charge on any atom is -0.497 e. The fourth-order valence-electron chi connectivity index (χ4n) is 2.96. The first-order valence-corrected chi connectivity index (χ1v) is 7.88. The van der Waals surface area contributed by atoms with E-state index in [1.165, 1.54) is 0 Å². The molecule has 0 radical (unpaired) electrons. The van der Waals surface area contributed by atoms with Gasteiger partial charge in [0.15, 0.2) is 11.5 Å². The monoisotopic (exact) mass is 346 g/mol. The number of hydrogen-bond donors (Lipinski definition) is 0. The Morgan fingerprint density at radius 3 is 1.76 bits per heavy atom. The second-order valence-electron chi connectivity index (χ2n) is 5.52. The summed E-state index contributed by atoms with van der Waals surface area (Å²) in [7, 11) is 6.40. The molecule has 0 saturated carbocycles. The molecule has 1 aliphatic rings. The molecule has 0 spiro atoms. The van der Waals surface area contributed by atoms with E-state index in [1.54, 1.807) is 28.4 Å². The predicted octanol–water partition coefficient (Wildman–Crippen LogP) is 3.51. The molecule has 3 rings (SSSR count). The fourth-order valence-corrected chi connectivity index (χ4v) is 2.96. The summed E-state index contributed by atoms with van der Waals surface area (Å²) in [4.78, 5) is 0. The summed E-state index contributed by atoms with van der Waals surface area (Å²) in [5.74, 6) is 2.52. The number of methoxy groups -OCH3 is 4. The highest BCUT2D eigenvalue weighted by molar-refractivity contribution is 5.54. The van der Waals surface area contributed by atoms with Crippen LogP contribution in [-0.2, 0) is 9.47 Å². The average Bonchev–Trinajstić information content (AvgIpc) is 3.16. The van der Waals surface area contributed by atoms with Crippen molar-refractivity contribution in [1.29, 1.82) is 0 Å². The lowest BCUT2D eigenvalue weighted by molar-refractivity contribution is 0.0381. The first kappa shape index (κ1) is 17.4. The highest BCUT2D eigenvalue weighted by Gasteiger charge is 2.33. The van der Waals surface area contributed by atoms with Crippen LogP contribution < -0.4 is 18.9 Å². The first-order chi connectivity index (χ1) is 12.2. The normalized spacial score (nSPS) is 19.5. The lowest BCUT2D eigenvalue weighted by Crippen LogP contribution is -2.08. The smallest absolute Gasteiger partial charge is 0.203 e. The first-order valence-electron chi connectivity index (χ1n) is 7.88. The summed E-state index contributed by atoms with van der Waals surface area (Å²) in [5, 5.41) is 0. The van der Waals surface area contributed by atoms with Gasteiger partial charge in [0.1, 0.15) is 24.8 Å². The molecule has 0 N–H and O–H groups in total. The Morgan fingerprint density at radius 2 is 1.28 bits per heavy atom. The lowest BCUT2D eigenvalue weighted by Gasteiger charge is -2.20. The van der Waals surface area contributed by atoms with Gasteiger partial charge >= 0.3 is 0 Å². The van der Waals surface area contributed by atoms with Gasteiger partial charge < -0.3 is 28.4 Å². The number of benzene rings is 2. The largest absolute Gasteiger partial charge is 0.497 e. The van der Waals surface area contributed by atoms with Gasteiger partial charge in [0.05, 0.1) is 28.4 Å². The Bertz CT molecular complexity index is 687. The lowest BCUT2D eigenvalue weighted by atomic mass is 9.97. The number of ether oxygens (including phenoxy) is 6. The van der Waals surface area contributed by atoms with Crippen molar-refractivity contribution < 1.29 is 28.4 Å². The minimum absolute atomic E-state index is 0.220. The predicted molar refractivity (Wildman–Crippen MR) is 91.6 cm³/mol. The second kappa shape index (κ2) is 7.63. The Labute approximate surface area is 147 Å². The molecule has 2 aromatic rings. The van der Waals surface area contributed by atoms with E-state index in [1.807, 2.05) is 36.4 Å². The van der Waals surface area contributed by atoms with Gasteiger partial charge in [0.2, 0.25) is 5.75 Å². The van der Waals surface area contributed by atoms with Crippen LogP contribution in [0.3, 0.4) is 0 Å². The van der Waals surface area contributed by atoms with Crippen molar-refractivity contribution in [2.75, 3.05) is 35.2 Å². The van der Waals surface area contributed by atoms with Crippen LogP contribution in [0.25, 0.3) is 0 Å². The molecule has 0 unspecified atom stereocenters. The zero-order valence-electron chi connectivity index (χ0n) is 14.8. The second-order valence-corrected chi connectivity index (χ2v) is 5.52. The van der Waals surface area contributed by atoms with E-state index in [-0.39, 0.29) is 19.0 Å². The standard InChI is InChI=1S/C19H22O6/c1-20-14-7-5-12(6-8-14)17-18(25-11-24-17)13-9-15(21-2)19(23-4)16(10-13)22-3/h5-10,17-18H,11H2,1-4H3/t17-,18+/m0/s1.